The minimum Gasteiger partial charge on any atom is -0.451 e. The van der Waals surface area contributed by atoms with Gasteiger partial charge in [-0.25, -0.2) is 8.78 Å². The Bertz CT molecular complexity index is 645. The van der Waals surface area contributed by atoms with E-state index in [4.69, 9.17) is 4.74 Å². The molecule has 0 aliphatic rings. The van der Waals surface area contributed by atoms with Crippen molar-refractivity contribution in [3.8, 4) is 11.5 Å². The molecule has 0 radical (unpaired) electrons. The third kappa shape index (κ3) is 3.13. The van der Waals surface area contributed by atoms with E-state index in [2.05, 4.69) is 15.9 Å². The molecule has 2 rings (SSSR count). The van der Waals surface area contributed by atoms with E-state index in [1.165, 1.54) is 25.1 Å². The van der Waals surface area contributed by atoms with E-state index in [0.717, 1.165) is 12.1 Å². The fourth-order valence-corrected chi connectivity index (χ4v) is 1.99. The minimum absolute atomic E-state index is 0.259. The maximum Gasteiger partial charge on any atom is 0.201 e. The van der Waals surface area contributed by atoms with Crippen LogP contribution in [0.25, 0.3) is 0 Å². The highest BCUT2D eigenvalue weighted by Crippen LogP contribution is 2.31. The Morgan fingerprint density at radius 1 is 1.05 bits per heavy atom. The molecule has 0 unspecified atom stereocenters. The molecule has 1 N–H and O–H groups in total. The minimum atomic E-state index is -1.20. The molecule has 2 aromatic carbocycles. The topological polar surface area (TPSA) is 29.5 Å². The van der Waals surface area contributed by atoms with Gasteiger partial charge in [-0.05, 0) is 36.8 Å². The predicted octanol–water partition coefficient (Wildman–Crippen LogP) is 4.71. The third-order valence-electron chi connectivity index (χ3n) is 2.62. The average Bonchev–Trinajstić information content (AvgIpc) is 2.37. The number of aliphatic hydroxyl groups excluding tert-OH is 1. The first kappa shape index (κ1) is 14.9. The van der Waals surface area contributed by atoms with Gasteiger partial charge in [-0.3, -0.25) is 0 Å². The maximum absolute atomic E-state index is 13.8. The van der Waals surface area contributed by atoms with Crippen molar-refractivity contribution in [3.05, 3.63) is 57.8 Å². The van der Waals surface area contributed by atoms with Crippen LogP contribution < -0.4 is 4.74 Å². The Morgan fingerprint density at radius 2 is 1.75 bits per heavy atom. The zero-order valence-corrected chi connectivity index (χ0v) is 11.9. The van der Waals surface area contributed by atoms with Gasteiger partial charge in [0.1, 0.15) is 0 Å². The zero-order valence-electron chi connectivity index (χ0n) is 10.3. The third-order valence-corrected chi connectivity index (χ3v) is 3.08. The van der Waals surface area contributed by atoms with Gasteiger partial charge in [-0.15, -0.1) is 0 Å². The van der Waals surface area contributed by atoms with Crippen molar-refractivity contribution >= 4 is 15.9 Å². The summed E-state index contributed by atoms with van der Waals surface area (Å²) in [5.74, 6) is -3.77. The molecule has 0 saturated carbocycles. The Labute approximate surface area is 121 Å². The van der Waals surface area contributed by atoms with E-state index < -0.39 is 29.3 Å². The van der Waals surface area contributed by atoms with Gasteiger partial charge in [0.25, 0.3) is 0 Å². The van der Waals surface area contributed by atoms with Gasteiger partial charge in [0.15, 0.2) is 23.1 Å². The second kappa shape index (κ2) is 5.85. The number of halogens is 4. The molecule has 0 aromatic heterocycles. The lowest BCUT2D eigenvalue weighted by Gasteiger charge is -2.11. The van der Waals surface area contributed by atoms with E-state index in [-0.39, 0.29) is 10.2 Å². The van der Waals surface area contributed by atoms with Gasteiger partial charge in [0.2, 0.25) is 5.82 Å². The first-order chi connectivity index (χ1) is 9.38. The standard InChI is InChI=1S/C14H10BrF3O2/c1-7(19)8-2-3-12(10(16)4-8)20-13-6-9(15)5-11(17)14(13)18/h2-7,19H,1H3/t7-/m1/s1. The van der Waals surface area contributed by atoms with Gasteiger partial charge in [0.05, 0.1) is 6.10 Å². The van der Waals surface area contributed by atoms with Crippen LogP contribution in [0.3, 0.4) is 0 Å². The first-order valence-electron chi connectivity index (χ1n) is 5.68. The highest BCUT2D eigenvalue weighted by Gasteiger charge is 2.15. The van der Waals surface area contributed by atoms with E-state index >= 15 is 0 Å². The van der Waals surface area contributed by atoms with Crippen LogP contribution in [0, 0.1) is 17.5 Å². The zero-order chi connectivity index (χ0) is 14.9. The summed E-state index contributed by atoms with van der Waals surface area (Å²) >= 11 is 3.00. The van der Waals surface area contributed by atoms with Gasteiger partial charge in [0, 0.05) is 4.47 Å². The molecule has 0 heterocycles. The van der Waals surface area contributed by atoms with E-state index in [9.17, 15) is 18.3 Å². The molecule has 106 valence electrons. The second-order valence-corrected chi connectivity index (χ2v) is 5.08. The van der Waals surface area contributed by atoms with Crippen LogP contribution in [0.5, 0.6) is 11.5 Å². The van der Waals surface area contributed by atoms with Crippen LogP contribution in [0.15, 0.2) is 34.8 Å². The lowest BCUT2D eigenvalue weighted by Crippen LogP contribution is -1.97. The highest BCUT2D eigenvalue weighted by atomic mass is 79.9. The molecule has 0 saturated heterocycles. The molecule has 0 fully saturated rings. The maximum atomic E-state index is 13.8. The van der Waals surface area contributed by atoms with Crippen molar-refractivity contribution in [2.24, 2.45) is 0 Å². The number of rotatable bonds is 3. The molecule has 0 amide bonds. The summed E-state index contributed by atoms with van der Waals surface area (Å²) < 4.78 is 45.8. The number of aliphatic hydroxyl groups is 1. The lowest BCUT2D eigenvalue weighted by molar-refractivity contribution is 0.198. The summed E-state index contributed by atoms with van der Waals surface area (Å²) in [7, 11) is 0. The normalized spacial score (nSPS) is 12.3. The van der Waals surface area contributed by atoms with Crippen molar-refractivity contribution < 1.29 is 23.0 Å². The molecule has 2 aromatic rings. The average molecular weight is 347 g/mol. The molecule has 2 nitrogen and oxygen atoms in total. The highest BCUT2D eigenvalue weighted by molar-refractivity contribution is 9.10. The summed E-state index contributed by atoms with van der Waals surface area (Å²) in [6, 6.07) is 5.90. The smallest absolute Gasteiger partial charge is 0.201 e. The summed E-state index contributed by atoms with van der Waals surface area (Å²) in [5.41, 5.74) is 0.357. The summed E-state index contributed by atoms with van der Waals surface area (Å²) in [5, 5.41) is 9.32. The number of hydrogen-bond donors (Lipinski definition) is 1. The molecule has 0 aliphatic heterocycles. The van der Waals surface area contributed by atoms with Crippen LogP contribution in [-0.2, 0) is 0 Å². The number of ether oxygens (including phenoxy) is 1. The number of hydrogen-bond acceptors (Lipinski definition) is 2. The molecular weight excluding hydrogens is 337 g/mol. The lowest BCUT2D eigenvalue weighted by atomic mass is 10.1. The molecule has 6 heteroatoms. The molecule has 0 aliphatic carbocycles. The summed E-state index contributed by atoms with van der Waals surface area (Å²) in [4.78, 5) is 0. The van der Waals surface area contributed by atoms with E-state index in [0.29, 0.717) is 5.56 Å². The van der Waals surface area contributed by atoms with Gasteiger partial charge >= 0.3 is 0 Å². The van der Waals surface area contributed by atoms with Crippen LogP contribution >= 0.6 is 15.9 Å². The molecule has 1 atom stereocenters. The monoisotopic (exact) mass is 346 g/mol. The summed E-state index contributed by atoms with van der Waals surface area (Å²) in [6.45, 7) is 1.48. The molecular formula is C14H10BrF3O2. The Balaban J connectivity index is 2.35. The predicted molar refractivity (Wildman–Crippen MR) is 71.2 cm³/mol. The fourth-order valence-electron chi connectivity index (χ4n) is 1.58. The van der Waals surface area contributed by atoms with Gasteiger partial charge in [-0.1, -0.05) is 22.0 Å². The van der Waals surface area contributed by atoms with Crippen molar-refractivity contribution in [2.75, 3.05) is 0 Å². The van der Waals surface area contributed by atoms with Crippen molar-refractivity contribution in [1.29, 1.82) is 0 Å². The van der Waals surface area contributed by atoms with E-state index in [1.807, 2.05) is 0 Å². The van der Waals surface area contributed by atoms with Crippen LogP contribution in [0.2, 0.25) is 0 Å². The second-order valence-electron chi connectivity index (χ2n) is 4.17. The summed E-state index contributed by atoms with van der Waals surface area (Å²) in [6.07, 6.45) is -0.835. The van der Waals surface area contributed by atoms with Crippen molar-refractivity contribution in [1.82, 2.24) is 0 Å². The Morgan fingerprint density at radius 3 is 2.35 bits per heavy atom. The van der Waals surface area contributed by atoms with Crippen LogP contribution in [-0.4, -0.2) is 5.11 Å². The van der Waals surface area contributed by atoms with Crippen molar-refractivity contribution in [3.63, 3.8) is 0 Å². The molecule has 20 heavy (non-hydrogen) atoms. The van der Waals surface area contributed by atoms with Gasteiger partial charge < -0.3 is 9.84 Å². The Hall–Kier alpha value is -1.53. The first-order valence-corrected chi connectivity index (χ1v) is 6.47. The van der Waals surface area contributed by atoms with Crippen LogP contribution in [0.1, 0.15) is 18.6 Å². The van der Waals surface area contributed by atoms with Crippen LogP contribution in [0.4, 0.5) is 13.2 Å². The quantitative estimate of drug-likeness (QED) is 0.815. The molecule has 0 spiro atoms. The number of benzene rings is 2. The Kier molecular flexibility index (Phi) is 4.35. The van der Waals surface area contributed by atoms with Gasteiger partial charge in [-0.2, -0.15) is 4.39 Å². The molecule has 0 bridgehead atoms. The fraction of sp³-hybridized carbons (Fsp3) is 0.143. The van der Waals surface area contributed by atoms with E-state index in [1.54, 1.807) is 0 Å². The van der Waals surface area contributed by atoms with Crippen molar-refractivity contribution in [2.45, 2.75) is 13.0 Å². The largest absolute Gasteiger partial charge is 0.451 e. The SMILES string of the molecule is C[C@@H](O)c1ccc(Oc2cc(Br)cc(F)c2F)c(F)c1.